The third-order valence-corrected chi connectivity index (χ3v) is 6.03. The number of hydrogen-bond acceptors (Lipinski definition) is 7. The van der Waals surface area contributed by atoms with E-state index in [1.54, 1.807) is 29.6 Å². The van der Waals surface area contributed by atoms with Gasteiger partial charge in [-0.05, 0) is 41.8 Å². The summed E-state index contributed by atoms with van der Waals surface area (Å²) in [7, 11) is 1.49. The Kier molecular flexibility index (Phi) is 6.16. The fourth-order valence-corrected chi connectivity index (χ4v) is 4.22. The molecule has 170 valence electrons. The zero-order chi connectivity index (χ0) is 23.6. The van der Waals surface area contributed by atoms with Crippen molar-refractivity contribution in [2.75, 3.05) is 7.11 Å². The van der Waals surface area contributed by atoms with Crippen molar-refractivity contribution in [2.45, 2.75) is 6.18 Å². The second-order valence-electron chi connectivity index (χ2n) is 6.45. The van der Waals surface area contributed by atoms with Gasteiger partial charge in [0.25, 0.3) is 11.8 Å². The van der Waals surface area contributed by atoms with Crippen molar-refractivity contribution >= 4 is 34.5 Å². The van der Waals surface area contributed by atoms with Gasteiger partial charge in [0.15, 0.2) is 5.69 Å². The molecule has 1 aromatic carbocycles. The van der Waals surface area contributed by atoms with Gasteiger partial charge < -0.3 is 4.74 Å². The number of carbonyl (C=O) groups is 2. The summed E-state index contributed by atoms with van der Waals surface area (Å²) in [5, 5.41) is 6.80. The number of hydrazine groups is 1. The van der Waals surface area contributed by atoms with Gasteiger partial charge in [-0.2, -0.15) is 18.3 Å². The average molecular weight is 493 g/mol. The predicted molar refractivity (Wildman–Crippen MR) is 115 cm³/mol. The number of methoxy groups -OCH3 is 1. The summed E-state index contributed by atoms with van der Waals surface area (Å²) < 4.78 is 45.8. The van der Waals surface area contributed by atoms with Crippen LogP contribution in [-0.2, 0) is 6.18 Å². The smallest absolute Gasteiger partial charge is 0.435 e. The average Bonchev–Trinajstić information content (AvgIpc) is 3.56. The Morgan fingerprint density at radius 1 is 1.06 bits per heavy atom. The Balaban J connectivity index is 1.51. The molecule has 4 aromatic rings. The van der Waals surface area contributed by atoms with Gasteiger partial charge in [-0.25, -0.2) is 9.67 Å². The highest BCUT2D eigenvalue weighted by Crippen LogP contribution is 2.35. The number of carbonyl (C=O) groups excluding carboxylic acids is 2. The number of thiophene rings is 1. The molecule has 0 spiro atoms. The van der Waals surface area contributed by atoms with Gasteiger partial charge >= 0.3 is 6.18 Å². The van der Waals surface area contributed by atoms with Gasteiger partial charge in [-0.15, -0.1) is 22.7 Å². The molecule has 2 amide bonds. The lowest BCUT2D eigenvalue weighted by atomic mass is 10.2. The first-order valence-electron chi connectivity index (χ1n) is 9.18. The molecule has 0 saturated heterocycles. The molecule has 3 aromatic heterocycles. The van der Waals surface area contributed by atoms with Crippen LogP contribution in [0.25, 0.3) is 15.7 Å². The SMILES string of the molecule is COc1ccc(C(=O)NNC(=O)c2csc(-n3nc(C(F)(F)F)cc3-c3cccs3)n2)cc1. The van der Waals surface area contributed by atoms with Crippen LogP contribution in [0.5, 0.6) is 5.75 Å². The fourth-order valence-electron chi connectivity index (χ4n) is 2.72. The number of rotatable bonds is 5. The predicted octanol–water partition coefficient (Wildman–Crippen LogP) is 4.16. The molecule has 4 rings (SSSR count). The number of nitrogens with zero attached hydrogens (tertiary/aromatic N) is 3. The molecule has 0 aliphatic heterocycles. The number of ether oxygens (including phenoxy) is 1. The zero-order valence-corrected chi connectivity index (χ0v) is 18.3. The van der Waals surface area contributed by atoms with E-state index in [0.717, 1.165) is 22.1 Å². The van der Waals surface area contributed by atoms with E-state index in [0.29, 0.717) is 10.6 Å². The van der Waals surface area contributed by atoms with Gasteiger partial charge in [-0.3, -0.25) is 20.4 Å². The largest absolute Gasteiger partial charge is 0.497 e. The Bertz CT molecular complexity index is 1280. The summed E-state index contributed by atoms with van der Waals surface area (Å²) in [5.41, 5.74) is 3.81. The van der Waals surface area contributed by atoms with E-state index in [-0.39, 0.29) is 22.1 Å². The van der Waals surface area contributed by atoms with Crippen LogP contribution in [0.1, 0.15) is 26.5 Å². The van der Waals surface area contributed by atoms with E-state index in [2.05, 4.69) is 20.9 Å². The highest BCUT2D eigenvalue weighted by Gasteiger charge is 2.35. The molecule has 3 heterocycles. The lowest BCUT2D eigenvalue weighted by Crippen LogP contribution is -2.41. The van der Waals surface area contributed by atoms with Crippen LogP contribution in [0.4, 0.5) is 13.2 Å². The second-order valence-corrected chi connectivity index (χ2v) is 8.24. The van der Waals surface area contributed by atoms with Crippen molar-refractivity contribution in [3.63, 3.8) is 0 Å². The summed E-state index contributed by atoms with van der Waals surface area (Å²) in [6.45, 7) is 0. The first-order valence-corrected chi connectivity index (χ1v) is 10.9. The lowest BCUT2D eigenvalue weighted by molar-refractivity contribution is -0.141. The van der Waals surface area contributed by atoms with Crippen LogP contribution in [-0.4, -0.2) is 33.7 Å². The van der Waals surface area contributed by atoms with Crippen molar-refractivity contribution < 1.29 is 27.5 Å². The highest BCUT2D eigenvalue weighted by molar-refractivity contribution is 7.13. The third kappa shape index (κ3) is 4.88. The molecule has 0 aliphatic carbocycles. The third-order valence-electron chi connectivity index (χ3n) is 4.32. The van der Waals surface area contributed by atoms with Crippen molar-refractivity contribution in [3.05, 3.63) is 70.2 Å². The number of benzene rings is 1. The first-order chi connectivity index (χ1) is 15.8. The molecule has 8 nitrogen and oxygen atoms in total. The van der Waals surface area contributed by atoms with E-state index < -0.39 is 23.7 Å². The van der Waals surface area contributed by atoms with E-state index in [4.69, 9.17) is 4.74 Å². The van der Waals surface area contributed by atoms with Gasteiger partial charge in [0.2, 0.25) is 5.13 Å². The van der Waals surface area contributed by atoms with E-state index in [9.17, 15) is 22.8 Å². The molecular weight excluding hydrogens is 479 g/mol. The number of aromatic nitrogens is 3. The van der Waals surface area contributed by atoms with Gasteiger partial charge in [0.05, 0.1) is 17.7 Å². The highest BCUT2D eigenvalue weighted by atomic mass is 32.1. The quantitative estimate of drug-likeness (QED) is 0.407. The standard InChI is InChI=1S/C20H14F3N5O3S2/c1-31-12-6-4-11(5-7-12)17(29)25-26-18(30)13-10-33-19(24-13)28-14(15-3-2-8-32-15)9-16(27-28)20(21,22)23/h2-10H,1H3,(H,25,29)(H,26,30). The molecule has 0 unspecified atom stereocenters. The van der Waals surface area contributed by atoms with Gasteiger partial charge in [0, 0.05) is 10.9 Å². The Morgan fingerprint density at radius 2 is 1.79 bits per heavy atom. The molecule has 0 radical (unpaired) electrons. The van der Waals surface area contributed by atoms with E-state index >= 15 is 0 Å². The molecule has 0 bridgehead atoms. The maximum Gasteiger partial charge on any atom is 0.435 e. The van der Waals surface area contributed by atoms with Crippen LogP contribution in [0, 0.1) is 0 Å². The number of thiazole rings is 1. The maximum atomic E-state index is 13.2. The number of hydrogen-bond donors (Lipinski definition) is 2. The van der Waals surface area contributed by atoms with E-state index in [1.165, 1.54) is 36.0 Å². The molecular formula is C20H14F3N5O3S2. The summed E-state index contributed by atoms with van der Waals surface area (Å²) in [4.78, 5) is 29.2. The molecule has 0 saturated carbocycles. The molecule has 0 atom stereocenters. The van der Waals surface area contributed by atoms with Crippen LogP contribution in [0.3, 0.4) is 0 Å². The molecule has 0 aliphatic rings. The molecule has 0 fully saturated rings. The first kappa shape index (κ1) is 22.5. The van der Waals surface area contributed by atoms with Crippen molar-refractivity contribution in [2.24, 2.45) is 0 Å². The van der Waals surface area contributed by atoms with Crippen molar-refractivity contribution in [1.82, 2.24) is 25.6 Å². The zero-order valence-electron chi connectivity index (χ0n) is 16.7. The monoisotopic (exact) mass is 493 g/mol. The van der Waals surface area contributed by atoms with Crippen molar-refractivity contribution in [3.8, 4) is 21.5 Å². The minimum atomic E-state index is -4.64. The maximum absolute atomic E-state index is 13.2. The summed E-state index contributed by atoms with van der Waals surface area (Å²) in [6.07, 6.45) is -4.64. The van der Waals surface area contributed by atoms with E-state index in [1.807, 2.05) is 0 Å². The summed E-state index contributed by atoms with van der Waals surface area (Å²) in [5.74, 6) is -0.733. The number of nitrogens with one attached hydrogen (secondary N) is 2. The van der Waals surface area contributed by atoms with Gasteiger partial charge in [-0.1, -0.05) is 6.07 Å². The van der Waals surface area contributed by atoms with Crippen LogP contribution >= 0.6 is 22.7 Å². The molecule has 13 heteroatoms. The Morgan fingerprint density at radius 3 is 2.42 bits per heavy atom. The van der Waals surface area contributed by atoms with Crippen LogP contribution < -0.4 is 15.6 Å². The fraction of sp³-hybridized carbons (Fsp3) is 0.100. The Hall–Kier alpha value is -3.71. The number of halogens is 3. The van der Waals surface area contributed by atoms with Crippen LogP contribution in [0.2, 0.25) is 0 Å². The second kappa shape index (κ2) is 9.03. The normalized spacial score (nSPS) is 11.3. The topological polar surface area (TPSA) is 98.1 Å². The summed E-state index contributed by atoms with van der Waals surface area (Å²) >= 11 is 2.19. The number of alkyl halides is 3. The van der Waals surface area contributed by atoms with Crippen molar-refractivity contribution in [1.29, 1.82) is 0 Å². The number of amides is 2. The minimum absolute atomic E-state index is 0.0699. The summed E-state index contributed by atoms with van der Waals surface area (Å²) in [6, 6.07) is 10.5. The molecule has 2 N–H and O–H groups in total. The molecule has 33 heavy (non-hydrogen) atoms. The Labute approximate surface area is 192 Å². The van der Waals surface area contributed by atoms with Crippen LogP contribution in [0.15, 0.2) is 53.2 Å². The lowest BCUT2D eigenvalue weighted by Gasteiger charge is -2.06. The minimum Gasteiger partial charge on any atom is -0.497 e. The van der Waals surface area contributed by atoms with Gasteiger partial charge in [0.1, 0.15) is 11.4 Å².